The summed E-state index contributed by atoms with van der Waals surface area (Å²) in [4.78, 5) is 32.2. The van der Waals surface area contributed by atoms with Gasteiger partial charge in [0, 0.05) is 21.7 Å². The standard InChI is InChI=1S/C33H22ClFN2O3/c34-26-11-6-22(7-12-26)28-16-25(21-4-2-1-3-5-21)17-29(36-28)24-10-15-32-30(18-24)37(33(39)20-40-32)19-31(38)23-8-13-27(35)14-9-23/h1-18H,19-20H2. The van der Waals surface area contributed by atoms with Gasteiger partial charge in [-0.3, -0.25) is 14.5 Å². The lowest BCUT2D eigenvalue weighted by Crippen LogP contribution is -2.42. The van der Waals surface area contributed by atoms with Gasteiger partial charge >= 0.3 is 0 Å². The van der Waals surface area contributed by atoms with E-state index in [1.54, 1.807) is 6.07 Å². The molecule has 1 aliphatic heterocycles. The predicted octanol–water partition coefficient (Wildman–Crippen LogP) is 7.48. The highest BCUT2D eigenvalue weighted by Crippen LogP contribution is 2.37. The Kier molecular flexibility index (Phi) is 6.84. The van der Waals surface area contributed by atoms with Crippen LogP contribution in [0.5, 0.6) is 5.75 Å². The van der Waals surface area contributed by atoms with Crippen LogP contribution in [0.3, 0.4) is 0 Å². The zero-order valence-corrected chi connectivity index (χ0v) is 21.9. The lowest BCUT2D eigenvalue weighted by atomic mass is 9.99. The number of ketones is 1. The molecule has 6 rings (SSSR count). The first kappa shape index (κ1) is 25.5. The number of hydrogen-bond acceptors (Lipinski definition) is 4. The molecule has 40 heavy (non-hydrogen) atoms. The molecule has 0 unspecified atom stereocenters. The molecule has 7 heteroatoms. The van der Waals surface area contributed by atoms with Crippen molar-refractivity contribution >= 4 is 29.0 Å². The van der Waals surface area contributed by atoms with Gasteiger partial charge < -0.3 is 4.74 Å². The number of ether oxygens (including phenoxy) is 1. The van der Waals surface area contributed by atoms with Crippen molar-refractivity contribution in [2.24, 2.45) is 0 Å². The highest BCUT2D eigenvalue weighted by atomic mass is 35.5. The smallest absolute Gasteiger partial charge is 0.265 e. The Morgan fingerprint density at radius 3 is 2.20 bits per heavy atom. The summed E-state index contributed by atoms with van der Waals surface area (Å²) in [5.41, 5.74) is 5.93. The van der Waals surface area contributed by atoms with Gasteiger partial charge in [0.1, 0.15) is 11.6 Å². The Labute approximate surface area is 235 Å². The number of rotatable bonds is 6. The second-order valence-corrected chi connectivity index (χ2v) is 9.82. The van der Waals surface area contributed by atoms with Crippen LogP contribution in [0.15, 0.2) is 109 Å². The minimum Gasteiger partial charge on any atom is -0.482 e. The monoisotopic (exact) mass is 548 g/mol. The number of anilines is 1. The summed E-state index contributed by atoms with van der Waals surface area (Å²) in [6.07, 6.45) is 0. The molecule has 0 spiro atoms. The quantitative estimate of drug-likeness (QED) is 0.206. The Morgan fingerprint density at radius 2 is 1.48 bits per heavy atom. The summed E-state index contributed by atoms with van der Waals surface area (Å²) in [7, 11) is 0. The summed E-state index contributed by atoms with van der Waals surface area (Å²) < 4.78 is 19.0. The van der Waals surface area contributed by atoms with Gasteiger partial charge in [-0.05, 0) is 77.9 Å². The second-order valence-electron chi connectivity index (χ2n) is 9.38. The molecule has 1 aliphatic rings. The molecule has 0 N–H and O–H groups in total. The van der Waals surface area contributed by atoms with Crippen molar-refractivity contribution in [3.63, 3.8) is 0 Å². The van der Waals surface area contributed by atoms with Gasteiger partial charge in [-0.1, -0.05) is 54.1 Å². The maximum absolute atomic E-state index is 13.4. The third-order valence-electron chi connectivity index (χ3n) is 6.74. The molecule has 0 radical (unpaired) electrons. The van der Waals surface area contributed by atoms with Crippen molar-refractivity contribution in [2.45, 2.75) is 0 Å². The molecular weight excluding hydrogens is 527 g/mol. The predicted molar refractivity (Wildman–Crippen MR) is 154 cm³/mol. The molecule has 1 amide bonds. The maximum atomic E-state index is 13.4. The molecule has 2 heterocycles. The molecule has 0 saturated heterocycles. The third-order valence-corrected chi connectivity index (χ3v) is 6.99. The summed E-state index contributed by atoms with van der Waals surface area (Å²) >= 11 is 6.12. The van der Waals surface area contributed by atoms with Gasteiger partial charge in [-0.2, -0.15) is 0 Å². The average Bonchev–Trinajstić information content (AvgIpc) is 2.99. The number of carbonyl (C=O) groups is 2. The molecule has 196 valence electrons. The van der Waals surface area contributed by atoms with E-state index in [0.29, 0.717) is 27.7 Å². The fourth-order valence-corrected chi connectivity index (χ4v) is 4.78. The van der Waals surface area contributed by atoms with Crippen molar-refractivity contribution in [3.05, 3.63) is 126 Å². The minimum atomic E-state index is -0.433. The van der Waals surface area contributed by atoms with Crippen molar-refractivity contribution in [1.82, 2.24) is 4.98 Å². The van der Waals surface area contributed by atoms with Gasteiger partial charge in [0.15, 0.2) is 12.4 Å². The summed E-state index contributed by atoms with van der Waals surface area (Å²) in [5.74, 6) is -0.585. The van der Waals surface area contributed by atoms with Gasteiger partial charge in [-0.25, -0.2) is 9.37 Å². The van der Waals surface area contributed by atoms with Crippen molar-refractivity contribution < 1.29 is 18.7 Å². The Balaban J connectivity index is 1.42. The van der Waals surface area contributed by atoms with Crippen LogP contribution in [0.4, 0.5) is 10.1 Å². The first-order chi connectivity index (χ1) is 19.4. The molecule has 5 nitrogen and oxygen atoms in total. The third kappa shape index (κ3) is 5.22. The Morgan fingerprint density at radius 1 is 0.800 bits per heavy atom. The summed E-state index contributed by atoms with van der Waals surface area (Å²) in [5, 5.41) is 0.637. The van der Waals surface area contributed by atoms with E-state index in [1.807, 2.05) is 78.9 Å². The molecule has 4 aromatic carbocycles. The van der Waals surface area contributed by atoms with E-state index in [4.69, 9.17) is 21.3 Å². The fraction of sp³-hybridized carbons (Fsp3) is 0.0606. The fourth-order valence-electron chi connectivity index (χ4n) is 4.65. The van der Waals surface area contributed by atoms with Gasteiger partial charge in [-0.15, -0.1) is 0 Å². The van der Waals surface area contributed by atoms with Gasteiger partial charge in [0.2, 0.25) is 0 Å². The number of benzene rings is 4. The molecule has 0 aliphatic carbocycles. The van der Waals surface area contributed by atoms with E-state index < -0.39 is 5.82 Å². The summed E-state index contributed by atoms with van der Waals surface area (Å²) in [6, 6.07) is 32.3. The number of aromatic nitrogens is 1. The number of nitrogens with zero attached hydrogens (tertiary/aromatic N) is 2. The Bertz CT molecular complexity index is 1720. The number of pyridine rings is 1. The lowest BCUT2D eigenvalue weighted by Gasteiger charge is -2.29. The summed E-state index contributed by atoms with van der Waals surface area (Å²) in [6.45, 7) is -0.372. The number of hydrogen-bond donors (Lipinski definition) is 0. The highest BCUT2D eigenvalue weighted by molar-refractivity contribution is 6.30. The zero-order chi connectivity index (χ0) is 27.6. The second kappa shape index (κ2) is 10.8. The van der Waals surface area contributed by atoms with Gasteiger partial charge in [0.05, 0.1) is 23.6 Å². The van der Waals surface area contributed by atoms with E-state index in [2.05, 4.69) is 0 Å². The van der Waals surface area contributed by atoms with Crippen molar-refractivity contribution in [2.75, 3.05) is 18.1 Å². The van der Waals surface area contributed by atoms with Gasteiger partial charge in [0.25, 0.3) is 5.91 Å². The van der Waals surface area contributed by atoms with Crippen molar-refractivity contribution in [3.8, 4) is 39.4 Å². The molecule has 0 bridgehead atoms. The number of halogens is 2. The Hall–Kier alpha value is -4.81. The van der Waals surface area contributed by atoms with Crippen LogP contribution in [-0.4, -0.2) is 29.8 Å². The van der Waals surface area contributed by atoms with Crippen LogP contribution in [0, 0.1) is 5.82 Å². The molecule has 0 saturated carbocycles. The largest absolute Gasteiger partial charge is 0.482 e. The molecular formula is C33H22ClFN2O3. The SMILES string of the molecule is O=C(CN1C(=O)COc2ccc(-c3cc(-c4ccccc4)cc(-c4ccc(Cl)cc4)n3)cc21)c1ccc(F)cc1. The van der Waals surface area contributed by atoms with Crippen LogP contribution in [0.2, 0.25) is 5.02 Å². The van der Waals surface area contributed by atoms with Crippen LogP contribution >= 0.6 is 11.6 Å². The molecule has 1 aromatic heterocycles. The maximum Gasteiger partial charge on any atom is 0.265 e. The first-order valence-corrected chi connectivity index (χ1v) is 13.0. The van der Waals surface area contributed by atoms with Crippen molar-refractivity contribution in [1.29, 1.82) is 0 Å². The molecule has 5 aromatic rings. The number of fused-ring (bicyclic) bond motifs is 1. The van der Waals surface area contributed by atoms with Crippen LogP contribution in [-0.2, 0) is 4.79 Å². The zero-order valence-electron chi connectivity index (χ0n) is 21.2. The van der Waals surface area contributed by atoms with E-state index in [0.717, 1.165) is 27.9 Å². The van der Waals surface area contributed by atoms with Crippen LogP contribution in [0.1, 0.15) is 10.4 Å². The number of amides is 1. The van der Waals surface area contributed by atoms with E-state index in [1.165, 1.54) is 29.2 Å². The molecule has 0 atom stereocenters. The highest BCUT2D eigenvalue weighted by Gasteiger charge is 2.28. The topological polar surface area (TPSA) is 59.5 Å². The number of Topliss-reactive ketones (excluding diaryl/α,β-unsaturated/α-hetero) is 1. The lowest BCUT2D eigenvalue weighted by molar-refractivity contribution is -0.121. The minimum absolute atomic E-state index is 0.175. The average molecular weight is 549 g/mol. The van der Waals surface area contributed by atoms with E-state index >= 15 is 0 Å². The van der Waals surface area contributed by atoms with E-state index in [-0.39, 0.29) is 24.8 Å². The number of carbonyl (C=O) groups excluding carboxylic acids is 2. The van der Waals surface area contributed by atoms with Crippen LogP contribution in [0.25, 0.3) is 33.6 Å². The van der Waals surface area contributed by atoms with E-state index in [9.17, 15) is 14.0 Å². The molecule has 0 fully saturated rings. The van der Waals surface area contributed by atoms with Crippen LogP contribution < -0.4 is 9.64 Å². The first-order valence-electron chi connectivity index (χ1n) is 12.6. The normalized spacial score (nSPS) is 12.6.